The second-order valence-electron chi connectivity index (χ2n) is 3.66. The number of carbonyl (C=O) groups excluding carboxylic acids is 1. The van der Waals surface area contributed by atoms with Crippen LogP contribution in [0.3, 0.4) is 0 Å². The van der Waals surface area contributed by atoms with Gasteiger partial charge in [0, 0.05) is 6.92 Å². The lowest BCUT2D eigenvalue weighted by atomic mass is 10.2. The third kappa shape index (κ3) is 2.86. The summed E-state index contributed by atoms with van der Waals surface area (Å²) in [6.07, 6.45) is 1.35. The molecule has 19 heavy (non-hydrogen) atoms. The number of benzene rings is 1. The van der Waals surface area contributed by atoms with Gasteiger partial charge in [-0.05, 0) is 22.6 Å². The van der Waals surface area contributed by atoms with Crippen molar-refractivity contribution in [3.05, 3.63) is 46.4 Å². The van der Waals surface area contributed by atoms with E-state index in [-0.39, 0.29) is 22.0 Å². The van der Waals surface area contributed by atoms with E-state index in [0.717, 1.165) is 0 Å². The number of phenols is 1. The lowest BCUT2D eigenvalue weighted by Crippen LogP contribution is -2.28. The van der Waals surface area contributed by atoms with E-state index in [4.69, 9.17) is 0 Å². The molecule has 2 N–H and O–H groups in total. The zero-order chi connectivity index (χ0) is 13.8. The van der Waals surface area contributed by atoms with Crippen molar-refractivity contribution in [2.24, 2.45) is 5.10 Å². The summed E-state index contributed by atoms with van der Waals surface area (Å²) in [7, 11) is 0. The van der Waals surface area contributed by atoms with E-state index in [9.17, 15) is 15.1 Å². The summed E-state index contributed by atoms with van der Waals surface area (Å²) in [4.78, 5) is 11.7. The summed E-state index contributed by atoms with van der Waals surface area (Å²) in [6.45, 7) is 1.40. The topological polar surface area (TPSA) is 115 Å². The molecule has 8 heteroatoms. The Hall–Kier alpha value is -2.90. The molecule has 0 radical (unpaired) electrons. The Morgan fingerprint density at radius 1 is 1.63 bits per heavy atom. The molecule has 0 aliphatic rings. The van der Waals surface area contributed by atoms with Crippen LogP contribution in [-0.4, -0.2) is 22.4 Å². The van der Waals surface area contributed by atoms with E-state index in [0.29, 0.717) is 5.56 Å². The highest BCUT2D eigenvalue weighted by molar-refractivity contribution is 5.93. The Balaban J connectivity index is 2.03. The summed E-state index contributed by atoms with van der Waals surface area (Å²) < 4.78 is 4.26. The predicted octanol–water partition coefficient (Wildman–Crippen LogP) is 0.0859. The van der Waals surface area contributed by atoms with Crippen LogP contribution in [0.15, 0.2) is 34.0 Å². The quantitative estimate of drug-likeness (QED) is 0.462. The molecule has 2 aromatic rings. The highest BCUT2D eigenvalue weighted by Gasteiger charge is 2.22. The molecule has 0 unspecified atom stereocenters. The minimum Gasteiger partial charge on any atom is -0.508 e. The van der Waals surface area contributed by atoms with Crippen LogP contribution in [-0.2, 0) is 0 Å². The van der Waals surface area contributed by atoms with Crippen LogP contribution in [0.2, 0.25) is 0 Å². The number of rotatable bonds is 3. The molecular formula is C11H10N4O4. The van der Waals surface area contributed by atoms with Crippen molar-refractivity contribution in [3.63, 3.8) is 0 Å². The van der Waals surface area contributed by atoms with Gasteiger partial charge in [0.1, 0.15) is 5.75 Å². The van der Waals surface area contributed by atoms with Gasteiger partial charge in [-0.2, -0.15) is 5.10 Å². The molecule has 0 aliphatic heterocycles. The summed E-state index contributed by atoms with van der Waals surface area (Å²) >= 11 is 0. The molecule has 2 rings (SSSR count). The predicted molar refractivity (Wildman–Crippen MR) is 63.4 cm³/mol. The van der Waals surface area contributed by atoms with Gasteiger partial charge in [-0.15, -0.1) is 0 Å². The van der Waals surface area contributed by atoms with Gasteiger partial charge in [-0.25, -0.2) is 5.43 Å². The van der Waals surface area contributed by atoms with Crippen molar-refractivity contribution in [2.45, 2.75) is 6.92 Å². The molecular weight excluding hydrogens is 252 g/mol. The minimum absolute atomic E-state index is 0.0463. The second kappa shape index (κ2) is 5.17. The SMILES string of the molecule is Cc1c(C(=O)N/N=C/c2cccc(O)c2)no[n+]1[O-]. The number of carbonyl (C=O) groups is 1. The van der Waals surface area contributed by atoms with Crippen LogP contribution in [0, 0.1) is 12.1 Å². The van der Waals surface area contributed by atoms with Crippen LogP contribution >= 0.6 is 0 Å². The molecule has 0 saturated carbocycles. The third-order valence-electron chi connectivity index (χ3n) is 2.29. The number of amides is 1. The summed E-state index contributed by atoms with van der Waals surface area (Å²) in [5, 5.41) is 27.1. The monoisotopic (exact) mass is 262 g/mol. The van der Waals surface area contributed by atoms with Crippen molar-refractivity contribution in [3.8, 4) is 5.75 Å². The molecule has 1 aromatic carbocycles. The number of nitrogens with one attached hydrogen (secondary N) is 1. The van der Waals surface area contributed by atoms with Crippen LogP contribution in [0.25, 0.3) is 0 Å². The van der Waals surface area contributed by atoms with Crippen LogP contribution in [0.1, 0.15) is 21.7 Å². The highest BCUT2D eigenvalue weighted by atomic mass is 16.8. The number of hydrogen-bond acceptors (Lipinski definition) is 6. The number of aromatic hydroxyl groups is 1. The first-order chi connectivity index (χ1) is 9.08. The molecule has 1 heterocycles. The number of aromatic nitrogens is 2. The average Bonchev–Trinajstić information content (AvgIpc) is 2.70. The normalized spacial score (nSPS) is 10.8. The van der Waals surface area contributed by atoms with Gasteiger partial charge < -0.3 is 10.3 Å². The molecule has 0 fully saturated rings. The van der Waals surface area contributed by atoms with E-state index in [1.165, 1.54) is 25.3 Å². The first kappa shape index (κ1) is 12.6. The molecule has 0 atom stereocenters. The molecule has 98 valence electrons. The van der Waals surface area contributed by atoms with Gasteiger partial charge in [-0.3, -0.25) is 9.42 Å². The lowest BCUT2D eigenvalue weighted by molar-refractivity contribution is -0.806. The van der Waals surface area contributed by atoms with Crippen LogP contribution in [0.4, 0.5) is 0 Å². The maximum Gasteiger partial charge on any atom is 0.322 e. The second-order valence-corrected chi connectivity index (χ2v) is 3.66. The Morgan fingerprint density at radius 3 is 3.05 bits per heavy atom. The molecule has 1 aromatic heterocycles. The van der Waals surface area contributed by atoms with E-state index in [1.807, 2.05) is 0 Å². The van der Waals surface area contributed by atoms with Gasteiger partial charge in [0.25, 0.3) is 0 Å². The Kier molecular flexibility index (Phi) is 3.42. The van der Waals surface area contributed by atoms with E-state index < -0.39 is 5.91 Å². The zero-order valence-electron chi connectivity index (χ0n) is 9.90. The van der Waals surface area contributed by atoms with Gasteiger partial charge in [0.2, 0.25) is 5.69 Å². The first-order valence-corrected chi connectivity index (χ1v) is 5.26. The number of phenolic OH excluding ortho intramolecular Hbond substituents is 1. The first-order valence-electron chi connectivity index (χ1n) is 5.26. The number of hydrazone groups is 1. The molecule has 0 spiro atoms. The van der Waals surface area contributed by atoms with Gasteiger partial charge in [0.15, 0.2) is 0 Å². The van der Waals surface area contributed by atoms with E-state index >= 15 is 0 Å². The van der Waals surface area contributed by atoms with E-state index in [2.05, 4.69) is 20.3 Å². The minimum atomic E-state index is -0.660. The fourth-order valence-electron chi connectivity index (χ4n) is 1.32. The molecule has 0 saturated heterocycles. The standard InChI is InChI=1S/C11H10N4O4/c1-7-10(14-19-15(7)18)11(17)13-12-6-8-3-2-4-9(16)5-8/h2-6,16H,1H3,(H,13,17)/b12-6+. The molecule has 8 nitrogen and oxygen atoms in total. The average molecular weight is 262 g/mol. The van der Waals surface area contributed by atoms with Crippen LogP contribution < -0.4 is 10.3 Å². The summed E-state index contributed by atoms with van der Waals surface area (Å²) in [5.41, 5.74) is 2.71. The third-order valence-corrected chi connectivity index (χ3v) is 2.29. The molecule has 0 aliphatic carbocycles. The summed E-state index contributed by atoms with van der Waals surface area (Å²) in [6, 6.07) is 6.33. The molecule has 0 bridgehead atoms. The largest absolute Gasteiger partial charge is 0.508 e. The number of hydrogen-bond donors (Lipinski definition) is 2. The summed E-state index contributed by atoms with van der Waals surface area (Å²) in [5.74, 6) is -0.567. The number of nitrogens with zero attached hydrogens (tertiary/aromatic N) is 3. The van der Waals surface area contributed by atoms with Gasteiger partial charge in [0.05, 0.1) is 11.4 Å². The highest BCUT2D eigenvalue weighted by Crippen LogP contribution is 2.08. The van der Waals surface area contributed by atoms with Crippen molar-refractivity contribution in [1.29, 1.82) is 0 Å². The Labute approximate surface area is 107 Å². The van der Waals surface area contributed by atoms with Gasteiger partial charge in [-0.1, -0.05) is 12.1 Å². The van der Waals surface area contributed by atoms with Crippen LogP contribution in [0.5, 0.6) is 5.75 Å². The van der Waals surface area contributed by atoms with E-state index in [1.54, 1.807) is 12.1 Å². The maximum atomic E-state index is 11.6. The smallest absolute Gasteiger partial charge is 0.322 e. The fourth-order valence-corrected chi connectivity index (χ4v) is 1.32. The van der Waals surface area contributed by atoms with Gasteiger partial charge >= 0.3 is 11.6 Å². The Morgan fingerprint density at radius 2 is 2.42 bits per heavy atom. The lowest BCUT2D eigenvalue weighted by Gasteiger charge is -1.95. The van der Waals surface area contributed by atoms with Crippen molar-refractivity contribution in [2.75, 3.05) is 0 Å². The zero-order valence-corrected chi connectivity index (χ0v) is 9.90. The maximum absolute atomic E-state index is 11.6. The fraction of sp³-hybridized carbons (Fsp3) is 0.0909. The van der Waals surface area contributed by atoms with Crippen molar-refractivity contribution < 1.29 is 19.4 Å². The van der Waals surface area contributed by atoms with Crippen molar-refractivity contribution in [1.82, 2.24) is 10.6 Å². The molecule has 1 amide bonds. The van der Waals surface area contributed by atoms with Crippen molar-refractivity contribution >= 4 is 12.1 Å². The Bertz CT molecular complexity index is 635.